The highest BCUT2D eigenvalue weighted by molar-refractivity contribution is 5.95. The average molecular weight is 300 g/mol. The number of hydrogen-bond acceptors (Lipinski definition) is 3. The summed E-state index contributed by atoms with van der Waals surface area (Å²) in [5.41, 5.74) is 2.25. The monoisotopic (exact) mass is 300 g/mol. The van der Waals surface area contributed by atoms with Gasteiger partial charge in [-0.25, -0.2) is 0 Å². The van der Waals surface area contributed by atoms with Crippen molar-refractivity contribution in [2.45, 2.75) is 13.5 Å². The number of aromatic nitrogens is 2. The molecule has 1 aromatic carbocycles. The van der Waals surface area contributed by atoms with Crippen LogP contribution in [0.4, 0.5) is 0 Å². The predicted octanol–water partition coefficient (Wildman–Crippen LogP) is 1.12. The summed E-state index contributed by atoms with van der Waals surface area (Å²) in [5.74, 6) is -0.444. The van der Waals surface area contributed by atoms with Crippen molar-refractivity contribution >= 4 is 11.8 Å². The van der Waals surface area contributed by atoms with E-state index in [0.717, 1.165) is 11.3 Å². The topological polar surface area (TPSA) is 67.2 Å². The van der Waals surface area contributed by atoms with Crippen molar-refractivity contribution < 1.29 is 9.59 Å². The molecule has 2 rings (SSSR count). The van der Waals surface area contributed by atoms with Crippen LogP contribution in [0.2, 0.25) is 0 Å². The lowest BCUT2D eigenvalue weighted by molar-refractivity contribution is -0.129. The molecule has 0 aliphatic heterocycles. The molecule has 0 radical (unpaired) electrons. The molecule has 0 spiro atoms. The summed E-state index contributed by atoms with van der Waals surface area (Å²) in [7, 11) is 3.42. The number of hydrogen-bond donors (Lipinski definition) is 1. The summed E-state index contributed by atoms with van der Waals surface area (Å²) < 4.78 is 1.50. The molecule has 6 heteroatoms. The van der Waals surface area contributed by atoms with Gasteiger partial charge in [-0.3, -0.25) is 14.3 Å². The van der Waals surface area contributed by atoms with E-state index >= 15 is 0 Å². The molecule has 0 aliphatic rings. The van der Waals surface area contributed by atoms with Crippen LogP contribution >= 0.6 is 0 Å². The van der Waals surface area contributed by atoms with Crippen molar-refractivity contribution in [3.05, 3.63) is 53.3 Å². The molecule has 116 valence electrons. The molecular weight excluding hydrogens is 280 g/mol. The van der Waals surface area contributed by atoms with Gasteiger partial charge in [-0.05, 0) is 18.6 Å². The maximum absolute atomic E-state index is 12.1. The van der Waals surface area contributed by atoms with E-state index in [-0.39, 0.29) is 18.4 Å². The summed E-state index contributed by atoms with van der Waals surface area (Å²) in [6.45, 7) is 2.29. The first kappa shape index (κ1) is 15.8. The molecule has 0 aliphatic carbocycles. The third kappa shape index (κ3) is 3.94. The van der Waals surface area contributed by atoms with E-state index < -0.39 is 0 Å². The second-order valence-electron chi connectivity index (χ2n) is 5.21. The second-order valence-corrected chi connectivity index (χ2v) is 5.21. The quantitative estimate of drug-likeness (QED) is 0.899. The number of benzene rings is 1. The summed E-state index contributed by atoms with van der Waals surface area (Å²) in [4.78, 5) is 25.7. The molecule has 2 aromatic rings. The summed E-state index contributed by atoms with van der Waals surface area (Å²) >= 11 is 0. The van der Waals surface area contributed by atoms with E-state index in [1.54, 1.807) is 25.1 Å². The fraction of sp³-hybridized carbons (Fsp3) is 0.312. The SMILES string of the molecule is Cc1cc(C(=O)NCC(=O)N(C)Cc2ccccc2)n(C)n1. The Balaban J connectivity index is 1.87. The molecule has 0 saturated heterocycles. The van der Waals surface area contributed by atoms with E-state index in [2.05, 4.69) is 10.4 Å². The second kappa shape index (κ2) is 6.89. The Kier molecular flexibility index (Phi) is 4.93. The Morgan fingerprint density at radius 3 is 2.55 bits per heavy atom. The van der Waals surface area contributed by atoms with Crippen LogP contribution in [0.5, 0.6) is 0 Å². The fourth-order valence-corrected chi connectivity index (χ4v) is 2.15. The number of nitrogens with zero attached hydrogens (tertiary/aromatic N) is 3. The first-order valence-corrected chi connectivity index (χ1v) is 7.04. The van der Waals surface area contributed by atoms with Crippen molar-refractivity contribution in [3.8, 4) is 0 Å². The lowest BCUT2D eigenvalue weighted by Gasteiger charge is -2.17. The Bertz CT molecular complexity index is 664. The molecule has 6 nitrogen and oxygen atoms in total. The van der Waals surface area contributed by atoms with E-state index in [1.807, 2.05) is 37.3 Å². The summed E-state index contributed by atoms with van der Waals surface area (Å²) in [5, 5.41) is 6.74. The molecule has 0 bridgehead atoms. The van der Waals surface area contributed by atoms with E-state index in [4.69, 9.17) is 0 Å². The Hall–Kier alpha value is -2.63. The molecule has 0 fully saturated rings. The number of carbonyl (C=O) groups excluding carboxylic acids is 2. The molecule has 0 saturated carbocycles. The van der Waals surface area contributed by atoms with Gasteiger partial charge in [0.15, 0.2) is 0 Å². The van der Waals surface area contributed by atoms with E-state index in [1.165, 1.54) is 4.68 Å². The Morgan fingerprint density at radius 2 is 1.95 bits per heavy atom. The van der Waals surface area contributed by atoms with Crippen LogP contribution in [0.1, 0.15) is 21.7 Å². The minimum Gasteiger partial charge on any atom is -0.342 e. The smallest absolute Gasteiger partial charge is 0.269 e. The van der Waals surface area contributed by atoms with Gasteiger partial charge in [0.1, 0.15) is 5.69 Å². The summed E-state index contributed by atoms with van der Waals surface area (Å²) in [6.07, 6.45) is 0. The van der Waals surface area contributed by atoms with Gasteiger partial charge in [0.05, 0.1) is 12.2 Å². The number of nitrogens with one attached hydrogen (secondary N) is 1. The van der Waals surface area contributed by atoms with Gasteiger partial charge in [0, 0.05) is 20.6 Å². The number of carbonyl (C=O) groups is 2. The molecule has 1 heterocycles. The number of amides is 2. The van der Waals surface area contributed by atoms with Gasteiger partial charge in [-0.1, -0.05) is 30.3 Å². The van der Waals surface area contributed by atoms with E-state index in [9.17, 15) is 9.59 Å². The average Bonchev–Trinajstić information content (AvgIpc) is 2.84. The van der Waals surface area contributed by atoms with Crippen molar-refractivity contribution in [1.82, 2.24) is 20.0 Å². The van der Waals surface area contributed by atoms with Crippen molar-refractivity contribution in [2.24, 2.45) is 7.05 Å². The highest BCUT2D eigenvalue weighted by Gasteiger charge is 2.14. The number of likely N-dealkylation sites (N-methyl/N-ethyl adjacent to an activating group) is 1. The summed E-state index contributed by atoms with van der Waals surface area (Å²) in [6, 6.07) is 11.4. The maximum atomic E-state index is 12.1. The normalized spacial score (nSPS) is 10.3. The first-order chi connectivity index (χ1) is 10.5. The molecule has 1 aromatic heterocycles. The zero-order valence-electron chi connectivity index (χ0n) is 13.0. The van der Waals surface area contributed by atoms with Gasteiger partial charge in [0.25, 0.3) is 5.91 Å². The highest BCUT2D eigenvalue weighted by Crippen LogP contribution is 2.03. The van der Waals surface area contributed by atoms with Gasteiger partial charge in [0.2, 0.25) is 5.91 Å². The number of rotatable bonds is 5. The van der Waals surface area contributed by atoms with Crippen LogP contribution in [0.15, 0.2) is 36.4 Å². The van der Waals surface area contributed by atoms with Crippen molar-refractivity contribution in [3.63, 3.8) is 0 Å². The molecule has 22 heavy (non-hydrogen) atoms. The van der Waals surface area contributed by atoms with Gasteiger partial charge < -0.3 is 10.2 Å². The molecule has 2 amide bonds. The molecular formula is C16H20N4O2. The Morgan fingerprint density at radius 1 is 1.27 bits per heavy atom. The van der Waals surface area contributed by atoms with Crippen LogP contribution in [-0.2, 0) is 18.4 Å². The van der Waals surface area contributed by atoms with Crippen LogP contribution < -0.4 is 5.32 Å². The van der Waals surface area contributed by atoms with Crippen molar-refractivity contribution in [1.29, 1.82) is 0 Å². The van der Waals surface area contributed by atoms with Crippen LogP contribution in [-0.4, -0.2) is 40.1 Å². The minimum absolute atomic E-state index is 0.0353. The highest BCUT2D eigenvalue weighted by atomic mass is 16.2. The largest absolute Gasteiger partial charge is 0.342 e. The fourth-order valence-electron chi connectivity index (χ4n) is 2.15. The van der Waals surface area contributed by atoms with E-state index in [0.29, 0.717) is 12.2 Å². The minimum atomic E-state index is -0.301. The zero-order valence-corrected chi connectivity index (χ0v) is 13.0. The zero-order chi connectivity index (χ0) is 16.1. The van der Waals surface area contributed by atoms with Gasteiger partial charge in [-0.15, -0.1) is 0 Å². The van der Waals surface area contributed by atoms with Crippen LogP contribution in [0.3, 0.4) is 0 Å². The lowest BCUT2D eigenvalue weighted by atomic mass is 10.2. The lowest BCUT2D eigenvalue weighted by Crippen LogP contribution is -2.38. The molecule has 0 unspecified atom stereocenters. The molecule has 0 atom stereocenters. The van der Waals surface area contributed by atoms with Crippen LogP contribution in [0, 0.1) is 6.92 Å². The van der Waals surface area contributed by atoms with Crippen molar-refractivity contribution in [2.75, 3.05) is 13.6 Å². The third-order valence-electron chi connectivity index (χ3n) is 3.32. The van der Waals surface area contributed by atoms with Gasteiger partial charge in [-0.2, -0.15) is 5.10 Å². The maximum Gasteiger partial charge on any atom is 0.269 e. The Labute approximate surface area is 129 Å². The number of aryl methyl sites for hydroxylation is 2. The molecule has 1 N–H and O–H groups in total. The van der Waals surface area contributed by atoms with Crippen LogP contribution in [0.25, 0.3) is 0 Å². The first-order valence-electron chi connectivity index (χ1n) is 7.04. The predicted molar refractivity (Wildman–Crippen MR) is 83.2 cm³/mol. The standard InChI is InChI=1S/C16H20N4O2/c1-12-9-14(20(3)18-12)16(22)17-10-15(21)19(2)11-13-7-5-4-6-8-13/h4-9H,10-11H2,1-3H3,(H,17,22). The van der Waals surface area contributed by atoms with Gasteiger partial charge >= 0.3 is 0 Å². The third-order valence-corrected chi connectivity index (χ3v) is 3.32.